The maximum absolute atomic E-state index is 14.0. The highest BCUT2D eigenvalue weighted by Gasteiger charge is 2.28. The largest absolute Gasteiger partial charge is 0.465 e. The summed E-state index contributed by atoms with van der Waals surface area (Å²) in [7, 11) is -3.82. The number of fused-ring (bicyclic) bond motifs is 1. The molecule has 1 saturated heterocycles. The molecular formula is C27H23BrF2N4O6S. The van der Waals surface area contributed by atoms with Crippen molar-refractivity contribution in [2.45, 2.75) is 17.4 Å². The van der Waals surface area contributed by atoms with E-state index in [1.807, 2.05) is 0 Å². The number of amides is 1. The van der Waals surface area contributed by atoms with Gasteiger partial charge in [0, 0.05) is 30.0 Å². The molecule has 5 rings (SSSR count). The molecule has 1 aliphatic rings. The lowest BCUT2D eigenvalue weighted by Crippen LogP contribution is -2.40. The van der Waals surface area contributed by atoms with Gasteiger partial charge in [0.1, 0.15) is 17.5 Å². The van der Waals surface area contributed by atoms with Gasteiger partial charge in [-0.05, 0) is 60.2 Å². The van der Waals surface area contributed by atoms with E-state index < -0.39 is 39.4 Å². The minimum Gasteiger partial charge on any atom is -0.465 e. The van der Waals surface area contributed by atoms with Gasteiger partial charge in [0.05, 0.1) is 40.7 Å². The summed E-state index contributed by atoms with van der Waals surface area (Å²) in [5, 5.41) is 12.1. The third-order valence-corrected chi connectivity index (χ3v) is 8.94. The topological polar surface area (TPSA) is 131 Å². The van der Waals surface area contributed by atoms with E-state index >= 15 is 0 Å². The monoisotopic (exact) mass is 648 g/mol. The van der Waals surface area contributed by atoms with E-state index in [1.54, 1.807) is 18.2 Å². The fourth-order valence-electron chi connectivity index (χ4n) is 4.68. The Morgan fingerprint density at radius 3 is 2.34 bits per heavy atom. The van der Waals surface area contributed by atoms with Gasteiger partial charge in [-0.25, -0.2) is 27.0 Å². The second-order valence-electron chi connectivity index (χ2n) is 9.27. The van der Waals surface area contributed by atoms with Crippen LogP contribution in [0, 0.1) is 11.6 Å². The third-order valence-electron chi connectivity index (χ3n) is 6.53. The average molecular weight is 649 g/mol. The van der Waals surface area contributed by atoms with Gasteiger partial charge >= 0.3 is 6.09 Å². The number of halogens is 3. The molecule has 2 heterocycles. The molecule has 1 unspecified atom stereocenters. The molecular weight excluding hydrogens is 626 g/mol. The Kier molecular flexibility index (Phi) is 8.18. The van der Waals surface area contributed by atoms with Gasteiger partial charge in [-0.3, -0.25) is 9.36 Å². The second-order valence-corrected chi connectivity index (χ2v) is 12.1. The van der Waals surface area contributed by atoms with Crippen LogP contribution in [0.2, 0.25) is 0 Å². The quantitative estimate of drug-likeness (QED) is 0.310. The van der Waals surface area contributed by atoms with E-state index in [4.69, 9.17) is 4.74 Å². The number of carboxylic acid groups (broad SMARTS) is 1. The van der Waals surface area contributed by atoms with E-state index in [9.17, 15) is 31.9 Å². The normalized spacial score (nSPS) is 15.1. The summed E-state index contributed by atoms with van der Waals surface area (Å²) in [6.07, 6.45) is -1.69. The number of ether oxygens (including phenoxy) is 1. The van der Waals surface area contributed by atoms with Crippen molar-refractivity contribution < 1.29 is 31.8 Å². The van der Waals surface area contributed by atoms with Crippen molar-refractivity contribution in [2.75, 3.05) is 26.3 Å². The van der Waals surface area contributed by atoms with Gasteiger partial charge in [0.15, 0.2) is 0 Å². The SMILES string of the molecule is O=C(O)NC(Cc1cc(F)cc(F)c1)c1nc2cc(Br)ccc2c(=O)n1-c1ccc(S(=O)(=O)N2CCOCC2)cc1. The summed E-state index contributed by atoms with van der Waals surface area (Å²) >= 11 is 3.34. The highest BCUT2D eigenvalue weighted by Crippen LogP contribution is 2.25. The van der Waals surface area contributed by atoms with Crippen LogP contribution in [-0.2, 0) is 21.2 Å². The highest BCUT2D eigenvalue weighted by molar-refractivity contribution is 9.10. The number of morpholine rings is 1. The van der Waals surface area contributed by atoms with Crippen LogP contribution in [0.15, 0.2) is 74.8 Å². The van der Waals surface area contributed by atoms with Gasteiger partial charge in [0.2, 0.25) is 10.0 Å². The number of hydrogen-bond acceptors (Lipinski definition) is 6. The fourth-order valence-corrected chi connectivity index (χ4v) is 6.44. The number of nitrogens with zero attached hydrogens (tertiary/aromatic N) is 3. The van der Waals surface area contributed by atoms with Crippen molar-refractivity contribution in [3.63, 3.8) is 0 Å². The molecule has 14 heteroatoms. The van der Waals surface area contributed by atoms with Crippen LogP contribution in [-0.4, -0.2) is 59.8 Å². The fraction of sp³-hybridized carbons (Fsp3) is 0.222. The number of aromatic nitrogens is 2. The molecule has 1 aliphatic heterocycles. The van der Waals surface area contributed by atoms with Gasteiger partial charge < -0.3 is 15.2 Å². The summed E-state index contributed by atoms with van der Waals surface area (Å²) in [6, 6.07) is 11.9. The van der Waals surface area contributed by atoms with E-state index in [0.717, 1.165) is 16.7 Å². The zero-order valence-electron chi connectivity index (χ0n) is 21.3. The molecule has 41 heavy (non-hydrogen) atoms. The van der Waals surface area contributed by atoms with Gasteiger partial charge in [0.25, 0.3) is 5.56 Å². The molecule has 0 bridgehead atoms. The maximum Gasteiger partial charge on any atom is 0.405 e. The summed E-state index contributed by atoms with van der Waals surface area (Å²) in [5.74, 6) is -1.76. The predicted molar refractivity (Wildman–Crippen MR) is 149 cm³/mol. The summed E-state index contributed by atoms with van der Waals surface area (Å²) in [6.45, 7) is 0.979. The van der Waals surface area contributed by atoms with Crippen LogP contribution in [0.4, 0.5) is 13.6 Å². The molecule has 0 radical (unpaired) electrons. The first-order chi connectivity index (χ1) is 19.5. The van der Waals surface area contributed by atoms with Crippen LogP contribution in [0.3, 0.4) is 0 Å². The third kappa shape index (κ3) is 6.15. The molecule has 10 nitrogen and oxygen atoms in total. The average Bonchev–Trinajstić information content (AvgIpc) is 2.92. The molecule has 3 aromatic carbocycles. The number of hydrogen-bond donors (Lipinski definition) is 2. The number of nitrogens with one attached hydrogen (secondary N) is 1. The zero-order valence-corrected chi connectivity index (χ0v) is 23.7. The molecule has 2 N–H and O–H groups in total. The van der Waals surface area contributed by atoms with Crippen molar-refractivity contribution in [2.24, 2.45) is 0 Å². The van der Waals surface area contributed by atoms with E-state index in [0.29, 0.717) is 10.5 Å². The molecule has 0 aliphatic carbocycles. The van der Waals surface area contributed by atoms with Gasteiger partial charge in [-0.1, -0.05) is 15.9 Å². The lowest BCUT2D eigenvalue weighted by molar-refractivity contribution is 0.0730. The van der Waals surface area contributed by atoms with Crippen LogP contribution < -0.4 is 10.9 Å². The summed E-state index contributed by atoms with van der Waals surface area (Å²) in [4.78, 5) is 30.2. The number of benzene rings is 3. The first-order valence-corrected chi connectivity index (χ1v) is 14.6. The van der Waals surface area contributed by atoms with Crippen LogP contribution >= 0.6 is 15.9 Å². The molecule has 0 spiro atoms. The predicted octanol–water partition coefficient (Wildman–Crippen LogP) is 4.00. The Balaban J connectivity index is 1.66. The van der Waals surface area contributed by atoms with Crippen LogP contribution in [0.5, 0.6) is 0 Å². The molecule has 4 aromatic rings. The van der Waals surface area contributed by atoms with Crippen molar-refractivity contribution in [1.29, 1.82) is 0 Å². The van der Waals surface area contributed by atoms with Gasteiger partial charge in [-0.2, -0.15) is 4.31 Å². The van der Waals surface area contributed by atoms with Crippen molar-refractivity contribution >= 4 is 42.9 Å². The smallest absolute Gasteiger partial charge is 0.405 e. The van der Waals surface area contributed by atoms with Crippen LogP contribution in [0.1, 0.15) is 17.4 Å². The molecule has 1 amide bonds. The lowest BCUT2D eigenvalue weighted by Gasteiger charge is -2.26. The first kappa shape index (κ1) is 28.8. The Bertz CT molecular complexity index is 1770. The maximum atomic E-state index is 14.0. The number of rotatable bonds is 7. The Labute approximate surface area is 241 Å². The summed E-state index contributed by atoms with van der Waals surface area (Å²) < 4.78 is 62.5. The Morgan fingerprint density at radius 2 is 1.71 bits per heavy atom. The summed E-state index contributed by atoms with van der Waals surface area (Å²) in [5.41, 5.74) is 0.0443. The Hall–Kier alpha value is -3.72. The number of sulfonamides is 1. The lowest BCUT2D eigenvalue weighted by atomic mass is 10.0. The minimum atomic E-state index is -3.82. The van der Waals surface area contributed by atoms with E-state index in [2.05, 4.69) is 26.2 Å². The highest BCUT2D eigenvalue weighted by atomic mass is 79.9. The molecule has 214 valence electrons. The first-order valence-electron chi connectivity index (χ1n) is 12.4. The van der Waals surface area contributed by atoms with Crippen LogP contribution in [0.25, 0.3) is 16.6 Å². The molecule has 1 atom stereocenters. The van der Waals surface area contributed by atoms with Crippen molar-refractivity contribution in [1.82, 2.24) is 19.2 Å². The van der Waals surface area contributed by atoms with E-state index in [1.165, 1.54) is 28.6 Å². The molecule has 0 saturated carbocycles. The minimum absolute atomic E-state index is 0.00544. The second kappa shape index (κ2) is 11.6. The Morgan fingerprint density at radius 1 is 1.05 bits per heavy atom. The molecule has 1 fully saturated rings. The van der Waals surface area contributed by atoms with E-state index in [-0.39, 0.29) is 65.6 Å². The van der Waals surface area contributed by atoms with Gasteiger partial charge in [-0.15, -0.1) is 0 Å². The van der Waals surface area contributed by atoms with Crippen molar-refractivity contribution in [3.05, 3.63) is 98.5 Å². The number of carbonyl (C=O) groups is 1. The zero-order chi connectivity index (χ0) is 29.3. The van der Waals surface area contributed by atoms with Crippen molar-refractivity contribution in [3.8, 4) is 5.69 Å². The molecule has 1 aromatic heterocycles. The standard InChI is InChI=1S/C27H23BrF2N4O6S/c28-17-1-6-22-23(14-17)31-25(24(32-27(36)37)13-16-11-18(29)15-19(30)12-16)34(26(22)35)20-2-4-21(5-3-20)41(38,39)33-7-9-40-10-8-33/h1-6,11-12,14-15,24,32H,7-10,13H2,(H,36,37).